The second-order valence-corrected chi connectivity index (χ2v) is 5.36. The van der Waals surface area contributed by atoms with Crippen LogP contribution in [-0.4, -0.2) is 4.98 Å². The average molecular weight is 326 g/mol. The van der Waals surface area contributed by atoms with E-state index < -0.39 is 23.4 Å². The first-order chi connectivity index (χ1) is 11.6. The molecule has 0 aliphatic rings. The van der Waals surface area contributed by atoms with E-state index in [1.165, 1.54) is 12.1 Å². The van der Waals surface area contributed by atoms with Crippen molar-refractivity contribution in [1.82, 2.24) is 4.98 Å². The lowest BCUT2D eigenvalue weighted by Gasteiger charge is -2.16. The maximum absolute atomic E-state index is 14.7. The quantitative estimate of drug-likeness (QED) is 0.756. The van der Waals surface area contributed by atoms with Crippen LogP contribution in [0.25, 0.3) is 0 Å². The number of halogens is 2. The number of ether oxygens (including phenoxy) is 1. The highest BCUT2D eigenvalue weighted by molar-refractivity contribution is 5.38. The third-order valence-corrected chi connectivity index (χ3v) is 3.65. The van der Waals surface area contributed by atoms with E-state index in [1.54, 1.807) is 42.7 Å². The summed E-state index contributed by atoms with van der Waals surface area (Å²) in [6.45, 7) is 0. The normalized spacial score (nSPS) is 12.0. The van der Waals surface area contributed by atoms with Gasteiger partial charge in [0, 0.05) is 24.0 Å². The molecule has 3 nitrogen and oxygen atoms in total. The average Bonchev–Trinajstić information content (AvgIpc) is 2.60. The predicted octanol–water partition coefficient (Wildman–Crippen LogP) is 4.39. The third kappa shape index (κ3) is 3.58. The summed E-state index contributed by atoms with van der Waals surface area (Å²) in [5.41, 5.74) is 7.23. The molecule has 0 saturated carbocycles. The van der Waals surface area contributed by atoms with Gasteiger partial charge in [0.15, 0.2) is 17.4 Å². The van der Waals surface area contributed by atoms with Crippen LogP contribution in [0.1, 0.15) is 17.2 Å². The van der Waals surface area contributed by atoms with Crippen molar-refractivity contribution >= 4 is 0 Å². The zero-order valence-corrected chi connectivity index (χ0v) is 12.8. The summed E-state index contributed by atoms with van der Waals surface area (Å²) in [5, 5.41) is 0. The van der Waals surface area contributed by atoms with Crippen LogP contribution in [0.3, 0.4) is 0 Å². The van der Waals surface area contributed by atoms with E-state index in [-0.39, 0.29) is 5.56 Å². The summed E-state index contributed by atoms with van der Waals surface area (Å²) in [6, 6.07) is 14.0. The van der Waals surface area contributed by atoms with Crippen molar-refractivity contribution in [3.63, 3.8) is 0 Å². The molecular formula is C19H16F2N2O. The number of hydrogen-bond acceptors (Lipinski definition) is 3. The van der Waals surface area contributed by atoms with Gasteiger partial charge in [0.25, 0.3) is 0 Å². The van der Waals surface area contributed by atoms with E-state index in [1.807, 2.05) is 12.1 Å². The molecule has 0 amide bonds. The first-order valence-corrected chi connectivity index (χ1v) is 7.50. The largest absolute Gasteiger partial charge is 0.451 e. The molecule has 0 spiro atoms. The number of hydrogen-bond donors (Lipinski definition) is 1. The molecule has 0 radical (unpaired) electrons. The lowest BCUT2D eigenvalue weighted by Crippen LogP contribution is -2.16. The van der Waals surface area contributed by atoms with Crippen molar-refractivity contribution in [1.29, 1.82) is 0 Å². The maximum Gasteiger partial charge on any atom is 0.198 e. The Labute approximate surface area is 138 Å². The van der Waals surface area contributed by atoms with E-state index >= 15 is 0 Å². The molecule has 1 aromatic heterocycles. The van der Waals surface area contributed by atoms with E-state index in [0.29, 0.717) is 12.2 Å². The summed E-state index contributed by atoms with van der Waals surface area (Å²) in [5.74, 6) is -1.63. The van der Waals surface area contributed by atoms with Crippen LogP contribution in [0, 0.1) is 11.6 Å². The fourth-order valence-electron chi connectivity index (χ4n) is 2.42. The summed E-state index contributed by atoms with van der Waals surface area (Å²) in [7, 11) is 0. The lowest BCUT2D eigenvalue weighted by atomic mass is 9.99. The smallest absolute Gasteiger partial charge is 0.198 e. The molecule has 0 saturated heterocycles. The first kappa shape index (κ1) is 16.1. The van der Waals surface area contributed by atoms with Crippen LogP contribution in [-0.2, 0) is 6.42 Å². The molecule has 1 atom stereocenters. The van der Waals surface area contributed by atoms with Gasteiger partial charge in [-0.2, -0.15) is 0 Å². The fraction of sp³-hybridized carbons (Fsp3) is 0.105. The van der Waals surface area contributed by atoms with Crippen molar-refractivity contribution in [3.8, 4) is 11.5 Å². The summed E-state index contributed by atoms with van der Waals surface area (Å²) in [4.78, 5) is 3.93. The predicted molar refractivity (Wildman–Crippen MR) is 87.7 cm³/mol. The van der Waals surface area contributed by atoms with E-state index in [2.05, 4.69) is 4.98 Å². The molecule has 2 N–H and O–H groups in total. The Bertz CT molecular complexity index is 810. The van der Waals surface area contributed by atoms with Crippen molar-refractivity contribution in [2.75, 3.05) is 0 Å². The van der Waals surface area contributed by atoms with Gasteiger partial charge in [0.05, 0.1) is 0 Å². The van der Waals surface area contributed by atoms with Crippen LogP contribution in [0.5, 0.6) is 11.5 Å². The minimum Gasteiger partial charge on any atom is -0.451 e. The molecule has 2 aromatic carbocycles. The highest BCUT2D eigenvalue weighted by Crippen LogP contribution is 2.32. The SMILES string of the molecule is NC(Cc1ccncc1)c1ccc(F)c(Oc2ccccc2)c1F. The van der Waals surface area contributed by atoms with Gasteiger partial charge in [-0.25, -0.2) is 8.78 Å². The van der Waals surface area contributed by atoms with E-state index in [4.69, 9.17) is 10.5 Å². The Morgan fingerprint density at radius 3 is 2.38 bits per heavy atom. The highest BCUT2D eigenvalue weighted by atomic mass is 19.1. The van der Waals surface area contributed by atoms with Crippen LogP contribution < -0.4 is 10.5 Å². The van der Waals surface area contributed by atoms with Crippen molar-refractivity contribution < 1.29 is 13.5 Å². The number of para-hydroxylation sites is 1. The minimum absolute atomic E-state index is 0.208. The fourth-order valence-corrected chi connectivity index (χ4v) is 2.42. The molecule has 0 aliphatic carbocycles. The number of pyridine rings is 1. The summed E-state index contributed by atoms with van der Waals surface area (Å²) >= 11 is 0. The Morgan fingerprint density at radius 1 is 0.958 bits per heavy atom. The number of nitrogens with zero attached hydrogens (tertiary/aromatic N) is 1. The van der Waals surface area contributed by atoms with Gasteiger partial charge >= 0.3 is 0 Å². The van der Waals surface area contributed by atoms with E-state index in [0.717, 1.165) is 5.56 Å². The van der Waals surface area contributed by atoms with Crippen LogP contribution >= 0.6 is 0 Å². The highest BCUT2D eigenvalue weighted by Gasteiger charge is 2.20. The second kappa shape index (κ2) is 7.19. The third-order valence-electron chi connectivity index (χ3n) is 3.65. The Balaban J connectivity index is 1.88. The van der Waals surface area contributed by atoms with Gasteiger partial charge in [-0.1, -0.05) is 24.3 Å². The van der Waals surface area contributed by atoms with Crippen molar-refractivity contribution in [2.45, 2.75) is 12.5 Å². The molecule has 3 aromatic rings. The molecule has 24 heavy (non-hydrogen) atoms. The number of benzene rings is 2. The van der Waals surface area contributed by atoms with Gasteiger partial charge in [0.1, 0.15) is 5.75 Å². The molecule has 3 rings (SSSR count). The second-order valence-electron chi connectivity index (χ2n) is 5.36. The molecular weight excluding hydrogens is 310 g/mol. The lowest BCUT2D eigenvalue weighted by molar-refractivity contribution is 0.401. The Morgan fingerprint density at radius 2 is 1.67 bits per heavy atom. The zero-order chi connectivity index (χ0) is 16.9. The molecule has 0 bridgehead atoms. The number of nitrogens with two attached hydrogens (primary N) is 1. The topological polar surface area (TPSA) is 48.1 Å². The maximum atomic E-state index is 14.7. The molecule has 1 unspecified atom stereocenters. The van der Waals surface area contributed by atoms with Crippen molar-refractivity contribution in [3.05, 3.63) is 89.8 Å². The molecule has 5 heteroatoms. The van der Waals surface area contributed by atoms with Gasteiger partial charge in [-0.3, -0.25) is 4.98 Å². The molecule has 0 fully saturated rings. The number of aromatic nitrogens is 1. The first-order valence-electron chi connectivity index (χ1n) is 7.50. The summed E-state index contributed by atoms with van der Waals surface area (Å²) < 4.78 is 34.1. The van der Waals surface area contributed by atoms with Gasteiger partial charge in [-0.15, -0.1) is 0 Å². The molecule has 0 aliphatic heterocycles. The molecule has 122 valence electrons. The minimum atomic E-state index is -0.777. The number of rotatable bonds is 5. The Hall–Kier alpha value is -2.79. The van der Waals surface area contributed by atoms with Crippen molar-refractivity contribution in [2.24, 2.45) is 5.73 Å². The Kier molecular flexibility index (Phi) is 4.82. The van der Waals surface area contributed by atoms with Crippen LogP contribution in [0.4, 0.5) is 8.78 Å². The van der Waals surface area contributed by atoms with Gasteiger partial charge in [-0.05, 0) is 42.3 Å². The van der Waals surface area contributed by atoms with Crippen LogP contribution in [0.15, 0.2) is 67.0 Å². The van der Waals surface area contributed by atoms with Crippen LogP contribution in [0.2, 0.25) is 0 Å². The van der Waals surface area contributed by atoms with E-state index in [9.17, 15) is 8.78 Å². The monoisotopic (exact) mass is 326 g/mol. The van der Waals surface area contributed by atoms with Gasteiger partial charge < -0.3 is 10.5 Å². The summed E-state index contributed by atoms with van der Waals surface area (Å²) in [6.07, 6.45) is 3.70. The molecule has 1 heterocycles. The standard InChI is InChI=1S/C19H16F2N2O/c20-16-7-6-15(17(22)12-13-8-10-23-11-9-13)18(21)19(16)24-14-4-2-1-3-5-14/h1-11,17H,12,22H2. The zero-order valence-electron chi connectivity index (χ0n) is 12.8. The van der Waals surface area contributed by atoms with Gasteiger partial charge in [0.2, 0.25) is 0 Å².